The second-order valence-electron chi connectivity index (χ2n) is 16.6. The summed E-state index contributed by atoms with van der Waals surface area (Å²) in [6, 6.07) is 0. The molecule has 2 unspecified atom stereocenters. The zero-order chi connectivity index (χ0) is 39.3. The van der Waals surface area contributed by atoms with E-state index < -0.39 is 20.0 Å². The maximum atomic E-state index is 13.1. The van der Waals surface area contributed by atoms with Crippen LogP contribution < -0.4 is 4.89 Å². The summed E-state index contributed by atoms with van der Waals surface area (Å²) in [6.07, 6.45) is 39.0. The molecule has 0 saturated carbocycles. The van der Waals surface area contributed by atoms with Gasteiger partial charge in [0.25, 0.3) is 7.82 Å². The summed E-state index contributed by atoms with van der Waals surface area (Å²) in [5.41, 5.74) is 0. The normalized spacial score (nSPS) is 14.5. The smallest absolute Gasteiger partial charge is 0.268 e. The lowest BCUT2D eigenvalue weighted by molar-refractivity contribution is -0.872. The maximum Gasteiger partial charge on any atom is 0.268 e. The Hall–Kier alpha value is -0.600. The van der Waals surface area contributed by atoms with Crippen LogP contribution in [0.4, 0.5) is 0 Å². The van der Waals surface area contributed by atoms with E-state index in [2.05, 4.69) is 26.0 Å². The van der Waals surface area contributed by atoms with Gasteiger partial charge in [0.05, 0.1) is 34.4 Å². The minimum atomic E-state index is -4.78. The zero-order valence-corrected chi connectivity index (χ0v) is 36.5. The number of allylic oxidation sites excluding steroid dienone is 2. The molecule has 0 aromatic carbocycles. The lowest BCUT2D eigenvalue weighted by Crippen LogP contribution is -2.45. The number of carbonyl (C=O) groups is 1. The van der Waals surface area contributed by atoms with Crippen molar-refractivity contribution in [2.24, 2.45) is 0 Å². The molecule has 0 aliphatic heterocycles. The molecule has 0 spiro atoms. The van der Waals surface area contributed by atoms with E-state index in [-0.39, 0.29) is 25.5 Å². The minimum absolute atomic E-state index is 0.206. The van der Waals surface area contributed by atoms with Crippen molar-refractivity contribution >= 4 is 13.6 Å². The molecule has 0 aromatic heterocycles. The molecule has 0 rings (SSSR count). The van der Waals surface area contributed by atoms with Gasteiger partial charge in [0, 0.05) is 13.0 Å². The molecule has 0 bridgehead atoms. The summed E-state index contributed by atoms with van der Waals surface area (Å²) < 4.78 is 29.3. The topological polar surface area (TPSA) is 105 Å². The van der Waals surface area contributed by atoms with Gasteiger partial charge in [-0.15, -0.1) is 0 Å². The summed E-state index contributed by atoms with van der Waals surface area (Å²) >= 11 is 0. The predicted molar refractivity (Wildman–Crippen MR) is 222 cm³/mol. The summed E-state index contributed by atoms with van der Waals surface area (Å²) in [7, 11) is 0.922. The van der Waals surface area contributed by atoms with Crippen LogP contribution in [0.3, 0.4) is 0 Å². The largest absolute Gasteiger partial charge is 0.756 e. The van der Waals surface area contributed by atoms with E-state index in [0.717, 1.165) is 44.9 Å². The first-order valence-electron chi connectivity index (χ1n) is 22.4. The number of Topliss-reactive ketones (excluding diaryl/α,β-unsaturated/α-hetero) is 1. The number of phosphoric ester groups is 1. The Kier molecular flexibility index (Phi) is 36.6. The zero-order valence-electron chi connectivity index (χ0n) is 35.6. The molecule has 0 aromatic rings. The van der Waals surface area contributed by atoms with Crippen LogP contribution in [0.2, 0.25) is 0 Å². The number of ether oxygens (including phenoxy) is 1. The van der Waals surface area contributed by atoms with E-state index in [4.69, 9.17) is 13.8 Å². The Morgan fingerprint density at radius 2 is 1.04 bits per heavy atom. The van der Waals surface area contributed by atoms with Gasteiger partial charge in [0.2, 0.25) is 0 Å². The fraction of sp³-hybridized carbons (Fsp3) is 0.932. The van der Waals surface area contributed by atoms with Gasteiger partial charge in [-0.05, 0) is 38.5 Å². The monoisotopic (exact) mass is 774 g/mol. The SMILES string of the molecule is CCCCCCCC/C=C\CCCCCCCCO[C@H](CO)COP(=O)([O-])OC(C[N+](C)(C)C)C(=O)CCCCCCCCCCCCCCCCC. The minimum Gasteiger partial charge on any atom is -0.756 e. The van der Waals surface area contributed by atoms with Crippen molar-refractivity contribution in [2.45, 2.75) is 219 Å². The average molecular weight is 774 g/mol. The van der Waals surface area contributed by atoms with E-state index in [0.29, 0.717) is 17.5 Å². The van der Waals surface area contributed by atoms with Crippen LogP contribution in [0.5, 0.6) is 0 Å². The quantitative estimate of drug-likeness (QED) is 0.0285. The fourth-order valence-corrected chi connectivity index (χ4v) is 7.54. The summed E-state index contributed by atoms with van der Waals surface area (Å²) in [6.45, 7) is 4.48. The standard InChI is InChI=1S/C44H88NO7P/c1-6-8-10-12-14-16-18-20-22-24-26-28-30-32-34-36-38-50-42(40-46)41-51-53(48,49)52-44(39-45(3,4)5)43(47)37-35-33-31-29-27-25-23-21-19-17-15-13-11-9-7-2/h20,22,42,44,46H,6-19,21,23-41H2,1-5H3/b22-20-/t42-,44?/m1/s1. The number of ketones is 1. The van der Waals surface area contributed by atoms with Crippen LogP contribution >= 0.6 is 7.82 Å². The molecule has 1 N–H and O–H groups in total. The number of hydrogen-bond acceptors (Lipinski definition) is 7. The number of quaternary nitrogens is 1. The predicted octanol–water partition coefficient (Wildman–Crippen LogP) is 11.8. The molecule has 3 atom stereocenters. The number of likely N-dealkylation sites (N-methyl/N-ethyl adjacent to an activating group) is 1. The number of rotatable bonds is 42. The summed E-state index contributed by atoms with van der Waals surface area (Å²) in [5.74, 6) is -0.206. The number of unbranched alkanes of at least 4 members (excludes halogenated alkanes) is 26. The third-order valence-corrected chi connectivity index (χ3v) is 11.0. The van der Waals surface area contributed by atoms with Crippen LogP contribution in [0.25, 0.3) is 0 Å². The molecule has 0 amide bonds. The first-order valence-corrected chi connectivity index (χ1v) is 23.8. The third-order valence-electron chi connectivity index (χ3n) is 9.99. The van der Waals surface area contributed by atoms with Crippen molar-refractivity contribution in [1.82, 2.24) is 0 Å². The number of carbonyl (C=O) groups excluding carboxylic acids is 1. The number of aliphatic hydroxyl groups excluding tert-OH is 1. The number of aliphatic hydroxyl groups is 1. The maximum absolute atomic E-state index is 13.1. The molecule has 0 heterocycles. The van der Waals surface area contributed by atoms with Gasteiger partial charge in [0.15, 0.2) is 11.9 Å². The van der Waals surface area contributed by atoms with Crippen LogP contribution in [-0.2, 0) is 23.1 Å². The average Bonchev–Trinajstić information content (AvgIpc) is 3.11. The first kappa shape index (κ1) is 52.4. The van der Waals surface area contributed by atoms with Crippen molar-refractivity contribution in [3.63, 3.8) is 0 Å². The third kappa shape index (κ3) is 38.1. The van der Waals surface area contributed by atoms with Crippen LogP contribution in [-0.4, -0.2) is 75.1 Å². The molecule has 0 saturated heterocycles. The Labute approximate surface area is 328 Å². The van der Waals surface area contributed by atoms with Gasteiger partial charge in [-0.25, -0.2) is 0 Å². The summed E-state index contributed by atoms with van der Waals surface area (Å²) in [5, 5.41) is 9.74. The Bertz CT molecular complexity index is 878. The highest BCUT2D eigenvalue weighted by Crippen LogP contribution is 2.41. The highest BCUT2D eigenvalue weighted by atomic mass is 31.2. The van der Waals surface area contributed by atoms with Gasteiger partial charge in [-0.2, -0.15) is 0 Å². The van der Waals surface area contributed by atoms with Crippen molar-refractivity contribution in [3.8, 4) is 0 Å². The molecule has 316 valence electrons. The second kappa shape index (κ2) is 37.0. The van der Waals surface area contributed by atoms with Crippen LogP contribution in [0, 0.1) is 0 Å². The second-order valence-corrected chi connectivity index (χ2v) is 18.0. The first-order chi connectivity index (χ1) is 25.5. The Morgan fingerprint density at radius 3 is 1.45 bits per heavy atom. The molecule has 0 radical (unpaired) electrons. The number of nitrogens with zero attached hydrogens (tertiary/aromatic N) is 1. The van der Waals surface area contributed by atoms with Crippen molar-refractivity contribution in [1.29, 1.82) is 0 Å². The van der Waals surface area contributed by atoms with Gasteiger partial charge >= 0.3 is 0 Å². The molecule has 8 nitrogen and oxygen atoms in total. The lowest BCUT2D eigenvalue weighted by atomic mass is 10.0. The fourth-order valence-electron chi connectivity index (χ4n) is 6.64. The van der Waals surface area contributed by atoms with Gasteiger partial charge in [-0.3, -0.25) is 9.36 Å². The van der Waals surface area contributed by atoms with Gasteiger partial charge in [0.1, 0.15) is 12.6 Å². The molecule has 53 heavy (non-hydrogen) atoms. The summed E-state index contributed by atoms with van der Waals surface area (Å²) in [4.78, 5) is 25.9. The molecule has 0 aliphatic carbocycles. The Morgan fingerprint density at radius 1 is 0.642 bits per heavy atom. The van der Waals surface area contributed by atoms with Crippen molar-refractivity contribution in [3.05, 3.63) is 12.2 Å². The van der Waals surface area contributed by atoms with Gasteiger partial charge < -0.3 is 28.3 Å². The van der Waals surface area contributed by atoms with E-state index in [1.165, 1.54) is 141 Å². The lowest BCUT2D eigenvalue weighted by Gasteiger charge is -2.32. The van der Waals surface area contributed by atoms with Crippen molar-refractivity contribution < 1.29 is 37.6 Å². The van der Waals surface area contributed by atoms with Crippen molar-refractivity contribution in [2.75, 3.05) is 47.5 Å². The number of phosphoric acid groups is 1. The molecular weight excluding hydrogens is 685 g/mol. The van der Waals surface area contributed by atoms with E-state index in [1.807, 2.05) is 21.1 Å². The molecule has 9 heteroatoms. The van der Waals surface area contributed by atoms with E-state index in [1.54, 1.807) is 0 Å². The molecule has 0 aliphatic rings. The highest BCUT2D eigenvalue weighted by molar-refractivity contribution is 7.45. The molecule has 0 fully saturated rings. The van der Waals surface area contributed by atoms with E-state index in [9.17, 15) is 19.4 Å². The van der Waals surface area contributed by atoms with E-state index >= 15 is 0 Å². The number of hydrogen-bond donors (Lipinski definition) is 1. The Balaban J connectivity index is 4.14. The van der Waals surface area contributed by atoms with Crippen LogP contribution in [0.15, 0.2) is 12.2 Å². The molecular formula is C44H88NO7P. The highest BCUT2D eigenvalue weighted by Gasteiger charge is 2.30. The van der Waals surface area contributed by atoms with Gasteiger partial charge in [-0.1, -0.05) is 174 Å². The van der Waals surface area contributed by atoms with Crippen LogP contribution in [0.1, 0.15) is 206 Å².